The zero-order valence-electron chi connectivity index (χ0n) is 12.8. The van der Waals surface area contributed by atoms with Gasteiger partial charge in [-0.1, -0.05) is 36.4 Å². The van der Waals surface area contributed by atoms with E-state index in [1.54, 1.807) is 17.8 Å². The third-order valence-electron chi connectivity index (χ3n) is 3.04. The van der Waals surface area contributed by atoms with E-state index in [0.717, 1.165) is 10.6 Å². The molecule has 1 aliphatic heterocycles. The minimum atomic E-state index is -0.842. The summed E-state index contributed by atoms with van der Waals surface area (Å²) in [6, 6.07) is 9.92. The maximum Gasteiger partial charge on any atom is 0.335 e. The van der Waals surface area contributed by atoms with Gasteiger partial charge < -0.3 is 4.74 Å². The highest BCUT2D eigenvalue weighted by Gasteiger charge is 2.44. The van der Waals surface area contributed by atoms with Crippen LogP contribution in [-0.2, 0) is 9.53 Å². The molecule has 0 saturated carbocycles. The molecule has 4 heteroatoms. The van der Waals surface area contributed by atoms with Gasteiger partial charge in [0, 0.05) is 17.7 Å². The minimum Gasteiger partial charge on any atom is -0.458 e. The second-order valence-electron chi connectivity index (χ2n) is 6.10. The van der Waals surface area contributed by atoms with Crippen LogP contribution >= 0.6 is 11.8 Å². The topological polar surface area (TPSA) is 38.7 Å². The van der Waals surface area contributed by atoms with Gasteiger partial charge in [-0.05, 0) is 20.8 Å². The second kappa shape index (κ2) is 6.06. The van der Waals surface area contributed by atoms with Crippen LogP contribution in [0.4, 0.5) is 0 Å². The van der Waals surface area contributed by atoms with Gasteiger partial charge in [-0.2, -0.15) is 0 Å². The number of rotatable bonds is 4. The van der Waals surface area contributed by atoms with Gasteiger partial charge in [-0.3, -0.25) is 4.99 Å². The molecule has 0 aromatic heterocycles. The van der Waals surface area contributed by atoms with Crippen molar-refractivity contribution < 1.29 is 9.53 Å². The van der Waals surface area contributed by atoms with Crippen LogP contribution in [0.5, 0.6) is 0 Å². The van der Waals surface area contributed by atoms with Crippen molar-refractivity contribution in [3.05, 3.63) is 48.6 Å². The van der Waals surface area contributed by atoms with E-state index in [4.69, 9.17) is 9.73 Å². The van der Waals surface area contributed by atoms with Gasteiger partial charge in [0.15, 0.2) is 5.54 Å². The maximum absolute atomic E-state index is 12.6. The van der Waals surface area contributed by atoms with Crippen LogP contribution in [0, 0.1) is 0 Å². The van der Waals surface area contributed by atoms with Crippen molar-refractivity contribution in [1.82, 2.24) is 0 Å². The fourth-order valence-corrected chi connectivity index (χ4v) is 3.30. The summed E-state index contributed by atoms with van der Waals surface area (Å²) in [4.78, 5) is 17.3. The number of benzene rings is 1. The van der Waals surface area contributed by atoms with Crippen LogP contribution in [0.15, 0.2) is 48.0 Å². The molecule has 1 atom stereocenters. The molecule has 0 unspecified atom stereocenters. The Balaban J connectivity index is 2.30. The Hall–Kier alpha value is -1.55. The number of carbonyl (C=O) groups excluding carboxylic acids is 1. The highest BCUT2D eigenvalue weighted by atomic mass is 32.2. The smallest absolute Gasteiger partial charge is 0.335 e. The van der Waals surface area contributed by atoms with E-state index < -0.39 is 11.1 Å². The zero-order chi connectivity index (χ0) is 15.5. The van der Waals surface area contributed by atoms with Gasteiger partial charge in [0.2, 0.25) is 0 Å². The predicted octanol–water partition coefficient (Wildman–Crippen LogP) is 3.84. The summed E-state index contributed by atoms with van der Waals surface area (Å²) in [5, 5.41) is 0.892. The molecule has 112 valence electrons. The second-order valence-corrected chi connectivity index (χ2v) is 7.06. The molecule has 0 bridgehead atoms. The summed E-state index contributed by atoms with van der Waals surface area (Å²) in [7, 11) is 0. The van der Waals surface area contributed by atoms with E-state index in [1.807, 2.05) is 51.1 Å². The molecular weight excluding hydrogens is 282 g/mol. The van der Waals surface area contributed by atoms with Crippen LogP contribution in [0.3, 0.4) is 0 Å². The minimum absolute atomic E-state index is 0.270. The van der Waals surface area contributed by atoms with E-state index >= 15 is 0 Å². The third-order valence-corrected chi connectivity index (χ3v) is 4.27. The Morgan fingerprint density at radius 2 is 2.10 bits per heavy atom. The van der Waals surface area contributed by atoms with Crippen LogP contribution in [0.1, 0.15) is 32.8 Å². The first-order valence-corrected chi connectivity index (χ1v) is 7.97. The number of carbonyl (C=O) groups is 1. The van der Waals surface area contributed by atoms with E-state index in [9.17, 15) is 4.79 Å². The standard InChI is InChI=1S/C17H21NO2S/c1-5-11-17(15(19)20-16(2,3)4)12-21-14(18-17)13-9-7-6-8-10-13/h5-10H,1,11-12H2,2-4H3/t17-/m0/s1. The summed E-state index contributed by atoms with van der Waals surface area (Å²) in [6.07, 6.45) is 2.23. The lowest BCUT2D eigenvalue weighted by Crippen LogP contribution is -2.42. The molecule has 0 fully saturated rings. The van der Waals surface area contributed by atoms with Gasteiger partial charge >= 0.3 is 5.97 Å². The summed E-state index contributed by atoms with van der Waals surface area (Å²) in [6.45, 7) is 9.37. The van der Waals surface area contributed by atoms with Crippen molar-refractivity contribution in [2.24, 2.45) is 4.99 Å². The Labute approximate surface area is 130 Å². The number of hydrogen-bond donors (Lipinski definition) is 0. The first-order valence-electron chi connectivity index (χ1n) is 6.99. The summed E-state index contributed by atoms with van der Waals surface area (Å²) in [5.41, 5.74) is -0.316. The Morgan fingerprint density at radius 3 is 2.67 bits per heavy atom. The Morgan fingerprint density at radius 1 is 1.43 bits per heavy atom. The number of nitrogens with zero attached hydrogens (tertiary/aromatic N) is 1. The zero-order valence-corrected chi connectivity index (χ0v) is 13.6. The lowest BCUT2D eigenvalue weighted by atomic mass is 9.98. The maximum atomic E-state index is 12.6. The SMILES string of the molecule is C=CC[C@@]1(C(=O)OC(C)(C)C)CSC(c2ccccc2)=N1. The van der Waals surface area contributed by atoms with E-state index in [-0.39, 0.29) is 5.97 Å². The molecule has 1 aromatic rings. The van der Waals surface area contributed by atoms with Crippen LogP contribution in [-0.4, -0.2) is 27.9 Å². The third kappa shape index (κ3) is 3.76. The summed E-state index contributed by atoms with van der Waals surface area (Å²) < 4.78 is 5.55. The number of ether oxygens (including phenoxy) is 1. The average Bonchev–Trinajstić information content (AvgIpc) is 2.84. The van der Waals surface area contributed by atoms with Gasteiger partial charge in [-0.15, -0.1) is 18.3 Å². The van der Waals surface area contributed by atoms with Crippen molar-refractivity contribution in [1.29, 1.82) is 0 Å². The number of hydrogen-bond acceptors (Lipinski definition) is 4. The molecule has 1 heterocycles. The van der Waals surface area contributed by atoms with Gasteiger partial charge in [-0.25, -0.2) is 4.79 Å². The Kier molecular flexibility index (Phi) is 4.57. The molecule has 0 radical (unpaired) electrons. The molecule has 0 N–H and O–H groups in total. The van der Waals surface area contributed by atoms with Gasteiger partial charge in [0.1, 0.15) is 5.60 Å². The molecule has 0 spiro atoms. The predicted molar refractivity (Wildman–Crippen MR) is 88.8 cm³/mol. The van der Waals surface area contributed by atoms with Crippen molar-refractivity contribution in [2.45, 2.75) is 38.3 Å². The first kappa shape index (κ1) is 15.8. The molecule has 21 heavy (non-hydrogen) atoms. The monoisotopic (exact) mass is 303 g/mol. The molecule has 2 rings (SSSR count). The molecule has 0 aliphatic carbocycles. The average molecular weight is 303 g/mol. The number of aliphatic imine (C=N–C) groups is 1. The highest BCUT2D eigenvalue weighted by Crippen LogP contribution is 2.35. The quantitative estimate of drug-likeness (QED) is 0.626. The van der Waals surface area contributed by atoms with Crippen LogP contribution in [0.2, 0.25) is 0 Å². The van der Waals surface area contributed by atoms with Crippen molar-refractivity contribution in [3.63, 3.8) is 0 Å². The highest BCUT2D eigenvalue weighted by molar-refractivity contribution is 8.14. The number of esters is 1. The summed E-state index contributed by atoms with van der Waals surface area (Å²) in [5.74, 6) is 0.325. The van der Waals surface area contributed by atoms with Crippen molar-refractivity contribution >= 4 is 22.8 Å². The van der Waals surface area contributed by atoms with E-state index in [2.05, 4.69) is 6.58 Å². The van der Waals surface area contributed by atoms with E-state index in [0.29, 0.717) is 12.2 Å². The van der Waals surface area contributed by atoms with Crippen molar-refractivity contribution in [2.75, 3.05) is 5.75 Å². The van der Waals surface area contributed by atoms with Gasteiger partial charge in [0.05, 0.1) is 5.04 Å². The van der Waals surface area contributed by atoms with Gasteiger partial charge in [0.25, 0.3) is 0 Å². The normalized spacial score (nSPS) is 21.8. The molecule has 0 amide bonds. The lowest BCUT2D eigenvalue weighted by Gasteiger charge is -2.27. The van der Waals surface area contributed by atoms with Crippen LogP contribution < -0.4 is 0 Å². The molecule has 0 saturated heterocycles. The van der Waals surface area contributed by atoms with E-state index in [1.165, 1.54) is 0 Å². The first-order chi connectivity index (χ1) is 9.86. The molecular formula is C17H21NO2S. The molecule has 1 aromatic carbocycles. The molecule has 3 nitrogen and oxygen atoms in total. The lowest BCUT2D eigenvalue weighted by molar-refractivity contribution is -0.160. The fraction of sp³-hybridized carbons (Fsp3) is 0.412. The largest absolute Gasteiger partial charge is 0.458 e. The van der Waals surface area contributed by atoms with Crippen molar-refractivity contribution in [3.8, 4) is 0 Å². The fourth-order valence-electron chi connectivity index (χ4n) is 2.08. The number of thioether (sulfide) groups is 1. The van der Waals surface area contributed by atoms with Crippen LogP contribution in [0.25, 0.3) is 0 Å². The molecule has 1 aliphatic rings. The summed E-state index contributed by atoms with van der Waals surface area (Å²) >= 11 is 1.60. The Bertz CT molecular complexity index is 560.